The highest BCUT2D eigenvalue weighted by atomic mass is 31.2. The van der Waals surface area contributed by atoms with Gasteiger partial charge >= 0.3 is 7.82 Å². The van der Waals surface area contributed by atoms with Gasteiger partial charge in [0, 0.05) is 0 Å². The number of aromatic nitrogens is 4. The Morgan fingerprint density at radius 2 is 2.17 bits per heavy atom. The van der Waals surface area contributed by atoms with E-state index in [0.717, 1.165) is 0 Å². The molecule has 0 amide bonds. The third kappa shape index (κ3) is 2.52. The highest BCUT2D eigenvalue weighted by Gasteiger charge is 2.56. The number of hydrogen-bond donors (Lipinski definition) is 4. The maximum Gasteiger partial charge on any atom is 0.469 e. The van der Waals surface area contributed by atoms with Gasteiger partial charge in [0.15, 0.2) is 29.6 Å². The van der Waals surface area contributed by atoms with Crippen LogP contribution in [0, 0.1) is 0 Å². The number of phosphoric acid groups is 1. The van der Waals surface area contributed by atoms with E-state index in [2.05, 4.69) is 19.5 Å². The van der Waals surface area contributed by atoms with Crippen molar-refractivity contribution in [2.75, 3.05) is 12.3 Å². The quantitative estimate of drug-likeness (QED) is 0.363. The molecule has 2 aromatic heterocycles. The summed E-state index contributed by atoms with van der Waals surface area (Å²) in [5.74, 6) is -0.0871. The van der Waals surface area contributed by atoms with E-state index in [9.17, 15) is 9.36 Å². The number of nitrogens with two attached hydrogens (primary N) is 1. The Morgan fingerprint density at radius 3 is 2.83 bits per heavy atom. The molecule has 0 aliphatic carbocycles. The van der Waals surface area contributed by atoms with Crippen LogP contribution in [0.25, 0.3) is 11.2 Å². The number of H-pyrrole nitrogens is 1. The van der Waals surface area contributed by atoms with Gasteiger partial charge in [0.2, 0.25) is 5.95 Å². The Morgan fingerprint density at radius 1 is 1.42 bits per heavy atom. The summed E-state index contributed by atoms with van der Waals surface area (Å²) in [6.45, 7) is -0.395. The average molecular weight is 361 g/mol. The molecule has 0 aromatic carbocycles. The molecule has 2 aromatic rings. The summed E-state index contributed by atoms with van der Waals surface area (Å²) in [7, 11) is -4.64. The van der Waals surface area contributed by atoms with E-state index in [1.807, 2.05) is 0 Å². The Bertz CT molecular complexity index is 891. The second-order valence-electron chi connectivity index (χ2n) is 5.25. The van der Waals surface area contributed by atoms with E-state index >= 15 is 0 Å². The summed E-state index contributed by atoms with van der Waals surface area (Å²) in [4.78, 5) is 49.6. The lowest BCUT2D eigenvalue weighted by molar-refractivity contribution is -0.462. The van der Waals surface area contributed by atoms with E-state index in [4.69, 9.17) is 30.0 Å². The van der Waals surface area contributed by atoms with Crippen molar-refractivity contribution in [2.24, 2.45) is 0 Å². The summed E-state index contributed by atoms with van der Waals surface area (Å²) in [6, 6.07) is 0. The number of imidazole rings is 1. The Hall–Kier alpha value is -1.86. The minimum Gasteiger partial charge on any atom is -0.369 e. The molecule has 2 saturated heterocycles. The summed E-state index contributed by atoms with van der Waals surface area (Å²) in [5, 5.41) is 0. The molecule has 2 aliphatic heterocycles. The number of nitrogen functional groups attached to an aromatic ring is 1. The first-order chi connectivity index (χ1) is 11.3. The normalized spacial score (nSPS) is 29.6. The molecule has 24 heavy (non-hydrogen) atoms. The smallest absolute Gasteiger partial charge is 0.369 e. The fourth-order valence-corrected chi connectivity index (χ4v) is 3.00. The standard InChI is InChI=1S/C10H12N5O8P/c11-10-13-7-4(8(16)14-10)12-2-15(7)9-6-5(22-23-6)3(21-9)1-20-24(17,18)19/h2-3,5-6,9H,1H2,(H2,17,18,19)(H3,11,13,14,16)/t3-,5-,6-,9-/m1/s1. The number of nitrogens with one attached hydrogen (secondary N) is 1. The van der Waals surface area contributed by atoms with Crippen molar-refractivity contribution in [1.29, 1.82) is 0 Å². The molecule has 13 nitrogen and oxygen atoms in total. The molecule has 0 bridgehead atoms. The van der Waals surface area contributed by atoms with Crippen molar-refractivity contribution < 1.29 is 33.4 Å². The number of nitrogens with zero attached hydrogens (tertiary/aromatic N) is 3. The zero-order valence-electron chi connectivity index (χ0n) is 11.8. The van der Waals surface area contributed by atoms with E-state index in [1.165, 1.54) is 10.9 Å². The molecule has 2 fully saturated rings. The minimum absolute atomic E-state index is 0.0690. The molecule has 0 radical (unpaired) electrons. The predicted octanol–water partition coefficient (Wildman–Crippen LogP) is -1.59. The van der Waals surface area contributed by atoms with E-state index in [0.29, 0.717) is 0 Å². The number of fused-ring (bicyclic) bond motifs is 2. The Kier molecular flexibility index (Phi) is 3.47. The summed E-state index contributed by atoms with van der Waals surface area (Å²) in [6.07, 6.45) is -1.37. The van der Waals surface area contributed by atoms with Gasteiger partial charge in [-0.2, -0.15) is 4.98 Å². The van der Waals surface area contributed by atoms with Crippen LogP contribution in [0.3, 0.4) is 0 Å². The van der Waals surface area contributed by atoms with Crippen LogP contribution in [0.4, 0.5) is 5.95 Å². The van der Waals surface area contributed by atoms with Crippen LogP contribution in [0.5, 0.6) is 0 Å². The predicted molar refractivity (Wildman–Crippen MR) is 74.2 cm³/mol. The van der Waals surface area contributed by atoms with Crippen molar-refractivity contribution in [2.45, 2.75) is 24.5 Å². The molecule has 14 heteroatoms. The zero-order chi connectivity index (χ0) is 17.1. The van der Waals surface area contributed by atoms with E-state index in [-0.39, 0.29) is 17.1 Å². The molecule has 130 valence electrons. The molecule has 0 unspecified atom stereocenters. The number of aromatic amines is 1. The highest BCUT2D eigenvalue weighted by Crippen LogP contribution is 2.43. The van der Waals surface area contributed by atoms with Gasteiger partial charge in [0.1, 0.15) is 6.10 Å². The SMILES string of the molecule is Nc1nc2c(ncn2[C@@H]2O[C@H](COP(=O)(O)O)[C@H]3OO[C@H]32)c(=O)[nH]1. The second-order valence-corrected chi connectivity index (χ2v) is 6.49. The number of rotatable bonds is 4. The first-order valence-corrected chi connectivity index (χ1v) is 8.26. The first kappa shape index (κ1) is 15.7. The van der Waals surface area contributed by atoms with Gasteiger partial charge < -0.3 is 20.3 Å². The van der Waals surface area contributed by atoms with Gasteiger partial charge in [-0.25, -0.2) is 19.3 Å². The van der Waals surface area contributed by atoms with Gasteiger partial charge in [-0.3, -0.25) is 18.9 Å². The second kappa shape index (κ2) is 5.32. The molecule has 0 saturated carbocycles. The number of hydrogen-bond acceptors (Lipinski definition) is 9. The lowest BCUT2D eigenvalue weighted by Gasteiger charge is -2.31. The van der Waals surface area contributed by atoms with Crippen LogP contribution in [0.1, 0.15) is 6.23 Å². The lowest BCUT2D eigenvalue weighted by atomic mass is 10.1. The van der Waals surface area contributed by atoms with Gasteiger partial charge in [0.25, 0.3) is 5.56 Å². The van der Waals surface area contributed by atoms with Crippen LogP contribution in [-0.4, -0.2) is 54.2 Å². The molecular formula is C10H12N5O8P. The summed E-state index contributed by atoms with van der Waals surface area (Å²) >= 11 is 0. The van der Waals surface area contributed by atoms with E-state index < -0.39 is 44.5 Å². The highest BCUT2D eigenvalue weighted by molar-refractivity contribution is 7.46. The fourth-order valence-electron chi connectivity index (χ4n) is 2.66. The average Bonchev–Trinajstić information content (AvgIpc) is 2.94. The molecule has 4 atom stereocenters. The summed E-state index contributed by atoms with van der Waals surface area (Å²) in [5.41, 5.74) is 5.29. The van der Waals surface area contributed by atoms with Crippen LogP contribution >= 0.6 is 7.82 Å². The van der Waals surface area contributed by atoms with Crippen LogP contribution < -0.4 is 11.3 Å². The van der Waals surface area contributed by atoms with Crippen molar-refractivity contribution in [3.8, 4) is 0 Å². The first-order valence-electron chi connectivity index (χ1n) is 6.73. The molecular weight excluding hydrogens is 349 g/mol. The van der Waals surface area contributed by atoms with Crippen LogP contribution in [0.15, 0.2) is 11.1 Å². The third-order valence-corrected chi connectivity index (χ3v) is 4.18. The van der Waals surface area contributed by atoms with E-state index in [1.54, 1.807) is 0 Å². The number of ether oxygens (including phenoxy) is 1. The maximum atomic E-state index is 11.8. The fraction of sp³-hybridized carbons (Fsp3) is 0.500. The number of anilines is 1. The largest absolute Gasteiger partial charge is 0.469 e. The topological polar surface area (TPSA) is 184 Å². The van der Waals surface area contributed by atoms with Crippen LogP contribution in [-0.2, 0) is 23.6 Å². The molecule has 0 spiro atoms. The third-order valence-electron chi connectivity index (χ3n) is 3.70. The van der Waals surface area contributed by atoms with Gasteiger partial charge in [-0.15, -0.1) is 0 Å². The lowest BCUT2D eigenvalue weighted by Crippen LogP contribution is -2.47. The monoisotopic (exact) mass is 361 g/mol. The maximum absolute atomic E-state index is 11.8. The van der Waals surface area contributed by atoms with Crippen molar-refractivity contribution >= 4 is 24.9 Å². The zero-order valence-corrected chi connectivity index (χ0v) is 12.7. The Labute approximate surface area is 132 Å². The number of phosphoric ester groups is 1. The van der Waals surface area contributed by atoms with Crippen molar-refractivity contribution in [1.82, 2.24) is 19.5 Å². The molecule has 4 rings (SSSR count). The van der Waals surface area contributed by atoms with Gasteiger partial charge in [-0.05, 0) is 0 Å². The molecule has 5 N–H and O–H groups in total. The van der Waals surface area contributed by atoms with Gasteiger partial charge in [0.05, 0.1) is 12.9 Å². The minimum atomic E-state index is -4.64. The van der Waals surface area contributed by atoms with Gasteiger partial charge in [-0.1, -0.05) is 0 Å². The summed E-state index contributed by atoms with van der Waals surface area (Å²) < 4.78 is 22.4. The van der Waals surface area contributed by atoms with Crippen molar-refractivity contribution in [3.63, 3.8) is 0 Å². The Balaban J connectivity index is 1.63. The van der Waals surface area contributed by atoms with Crippen molar-refractivity contribution in [3.05, 3.63) is 16.7 Å². The van der Waals surface area contributed by atoms with Crippen LogP contribution in [0.2, 0.25) is 0 Å². The molecule has 2 aliphatic rings. The molecule has 4 heterocycles.